The highest BCUT2D eigenvalue weighted by atomic mass is 19.1. The van der Waals surface area contributed by atoms with Crippen LogP contribution in [0.5, 0.6) is 5.75 Å². The van der Waals surface area contributed by atoms with Crippen LogP contribution in [0, 0.1) is 5.95 Å². The van der Waals surface area contributed by atoms with Gasteiger partial charge in [-0.3, -0.25) is 5.10 Å². The van der Waals surface area contributed by atoms with Crippen LogP contribution in [-0.4, -0.2) is 17.3 Å². The monoisotopic (exact) mass is 166 g/mol. The number of rotatable bonds is 1. The van der Waals surface area contributed by atoms with Gasteiger partial charge in [0.1, 0.15) is 11.3 Å². The van der Waals surface area contributed by atoms with E-state index in [1.807, 2.05) is 0 Å². The number of hydrogen-bond acceptors (Lipinski definition) is 2. The van der Waals surface area contributed by atoms with Crippen LogP contribution in [0.2, 0.25) is 0 Å². The van der Waals surface area contributed by atoms with Crippen LogP contribution in [0.4, 0.5) is 4.39 Å². The standard InChI is InChI=1S/C8H7FN2O/c1-12-6-4-2-3-5-7(6)10-11-8(5)9/h2-4H,1H3,(H,10,11). The summed E-state index contributed by atoms with van der Waals surface area (Å²) in [6.45, 7) is 0. The van der Waals surface area contributed by atoms with Crippen molar-refractivity contribution in [1.82, 2.24) is 10.2 Å². The molecule has 2 aromatic rings. The van der Waals surface area contributed by atoms with Crippen molar-refractivity contribution in [3.05, 3.63) is 24.1 Å². The van der Waals surface area contributed by atoms with E-state index in [4.69, 9.17) is 4.74 Å². The molecule has 3 nitrogen and oxygen atoms in total. The number of methoxy groups -OCH3 is 1. The van der Waals surface area contributed by atoms with Gasteiger partial charge in [0, 0.05) is 0 Å². The third kappa shape index (κ3) is 0.845. The maximum atomic E-state index is 12.9. The first-order valence-corrected chi connectivity index (χ1v) is 3.49. The third-order valence-corrected chi connectivity index (χ3v) is 1.72. The van der Waals surface area contributed by atoms with Crippen LogP contribution in [-0.2, 0) is 0 Å². The van der Waals surface area contributed by atoms with E-state index in [-0.39, 0.29) is 0 Å². The Morgan fingerprint density at radius 2 is 2.33 bits per heavy atom. The molecule has 0 unspecified atom stereocenters. The minimum Gasteiger partial charge on any atom is -0.494 e. The fourth-order valence-corrected chi connectivity index (χ4v) is 1.14. The van der Waals surface area contributed by atoms with E-state index in [0.717, 1.165) is 0 Å². The number of H-pyrrole nitrogens is 1. The number of nitrogens with zero attached hydrogens (tertiary/aromatic N) is 1. The van der Waals surface area contributed by atoms with E-state index >= 15 is 0 Å². The van der Waals surface area contributed by atoms with Crippen LogP contribution >= 0.6 is 0 Å². The molecule has 12 heavy (non-hydrogen) atoms. The normalized spacial score (nSPS) is 10.5. The number of fused-ring (bicyclic) bond motifs is 1. The van der Waals surface area contributed by atoms with E-state index in [1.54, 1.807) is 18.2 Å². The molecule has 0 aliphatic rings. The van der Waals surface area contributed by atoms with Crippen molar-refractivity contribution in [3.63, 3.8) is 0 Å². The van der Waals surface area contributed by atoms with Gasteiger partial charge in [0.15, 0.2) is 0 Å². The number of ether oxygens (including phenoxy) is 1. The molecule has 0 bridgehead atoms. The molecule has 0 atom stereocenters. The molecule has 4 heteroatoms. The molecule has 0 aliphatic carbocycles. The number of aromatic amines is 1. The molecule has 2 rings (SSSR count). The topological polar surface area (TPSA) is 37.9 Å². The Bertz CT molecular complexity index is 410. The maximum absolute atomic E-state index is 12.9. The van der Waals surface area contributed by atoms with E-state index in [9.17, 15) is 4.39 Å². The predicted molar refractivity (Wildman–Crippen MR) is 42.6 cm³/mol. The van der Waals surface area contributed by atoms with E-state index in [1.165, 1.54) is 7.11 Å². The highest BCUT2D eigenvalue weighted by Crippen LogP contribution is 2.23. The minimum absolute atomic E-state index is 0.427. The Morgan fingerprint density at radius 1 is 1.50 bits per heavy atom. The smallest absolute Gasteiger partial charge is 0.216 e. The molecule has 62 valence electrons. The number of aromatic nitrogens is 2. The van der Waals surface area contributed by atoms with Gasteiger partial charge in [0.05, 0.1) is 12.5 Å². The molecule has 0 fully saturated rings. The Kier molecular flexibility index (Phi) is 1.46. The summed E-state index contributed by atoms with van der Waals surface area (Å²) in [5, 5.41) is 6.47. The molecule has 0 aliphatic heterocycles. The van der Waals surface area contributed by atoms with Crippen LogP contribution < -0.4 is 4.74 Å². The molecule has 1 heterocycles. The zero-order chi connectivity index (χ0) is 8.55. The van der Waals surface area contributed by atoms with Crippen molar-refractivity contribution in [2.45, 2.75) is 0 Å². The highest BCUT2D eigenvalue weighted by molar-refractivity contribution is 5.84. The highest BCUT2D eigenvalue weighted by Gasteiger charge is 2.07. The molecule has 0 spiro atoms. The van der Waals surface area contributed by atoms with Crippen LogP contribution in [0.1, 0.15) is 0 Å². The van der Waals surface area contributed by atoms with Crippen molar-refractivity contribution in [2.75, 3.05) is 7.11 Å². The molecule has 1 N–H and O–H groups in total. The van der Waals surface area contributed by atoms with E-state index < -0.39 is 5.95 Å². The predicted octanol–water partition coefficient (Wildman–Crippen LogP) is 1.71. The molecule has 0 radical (unpaired) electrons. The quantitative estimate of drug-likeness (QED) is 0.700. The van der Waals surface area contributed by atoms with Crippen molar-refractivity contribution in [2.24, 2.45) is 0 Å². The van der Waals surface area contributed by atoms with Gasteiger partial charge in [-0.25, -0.2) is 0 Å². The average molecular weight is 166 g/mol. The number of nitrogens with one attached hydrogen (secondary N) is 1. The fourth-order valence-electron chi connectivity index (χ4n) is 1.14. The van der Waals surface area contributed by atoms with Gasteiger partial charge in [0.2, 0.25) is 5.95 Å². The second-order valence-corrected chi connectivity index (χ2v) is 2.39. The van der Waals surface area contributed by atoms with Gasteiger partial charge in [0.25, 0.3) is 0 Å². The van der Waals surface area contributed by atoms with Gasteiger partial charge in [-0.2, -0.15) is 9.49 Å². The first-order valence-electron chi connectivity index (χ1n) is 3.49. The van der Waals surface area contributed by atoms with E-state index in [2.05, 4.69) is 10.2 Å². The van der Waals surface area contributed by atoms with Crippen molar-refractivity contribution >= 4 is 10.9 Å². The molecule has 1 aromatic heterocycles. The summed E-state index contributed by atoms with van der Waals surface area (Å²) in [7, 11) is 1.53. The lowest BCUT2D eigenvalue weighted by Gasteiger charge is -1.97. The SMILES string of the molecule is COc1cccc2c(F)[nH]nc12. The van der Waals surface area contributed by atoms with Crippen LogP contribution in [0.25, 0.3) is 10.9 Å². The molecule has 0 saturated heterocycles. The molecular formula is C8H7FN2O. The summed E-state index contributed by atoms with van der Waals surface area (Å²) in [6.07, 6.45) is 0. The fraction of sp³-hybridized carbons (Fsp3) is 0.125. The Hall–Kier alpha value is -1.58. The first-order chi connectivity index (χ1) is 5.83. The van der Waals surface area contributed by atoms with Gasteiger partial charge in [-0.05, 0) is 12.1 Å². The van der Waals surface area contributed by atoms with Crippen molar-refractivity contribution in [3.8, 4) is 5.75 Å². The molecule has 0 amide bonds. The first kappa shape index (κ1) is 7.09. The summed E-state index contributed by atoms with van der Waals surface area (Å²) >= 11 is 0. The van der Waals surface area contributed by atoms with Crippen molar-refractivity contribution in [1.29, 1.82) is 0 Å². The molecule has 1 aromatic carbocycles. The summed E-state index contributed by atoms with van der Waals surface area (Å²) in [6, 6.07) is 5.11. The third-order valence-electron chi connectivity index (χ3n) is 1.72. The Balaban J connectivity index is 2.81. The Morgan fingerprint density at radius 3 is 3.08 bits per heavy atom. The minimum atomic E-state index is -0.427. The molecule has 0 saturated carbocycles. The van der Waals surface area contributed by atoms with Gasteiger partial charge in [-0.1, -0.05) is 6.07 Å². The number of halogens is 1. The maximum Gasteiger partial charge on any atom is 0.216 e. The van der Waals surface area contributed by atoms with E-state index in [0.29, 0.717) is 16.7 Å². The zero-order valence-corrected chi connectivity index (χ0v) is 6.47. The number of para-hydroxylation sites is 1. The second-order valence-electron chi connectivity index (χ2n) is 2.39. The van der Waals surface area contributed by atoms with Crippen molar-refractivity contribution < 1.29 is 9.13 Å². The summed E-state index contributed by atoms with van der Waals surface area (Å²) in [4.78, 5) is 0. The average Bonchev–Trinajstić information content (AvgIpc) is 2.48. The van der Waals surface area contributed by atoms with Crippen LogP contribution in [0.3, 0.4) is 0 Å². The zero-order valence-electron chi connectivity index (χ0n) is 6.47. The Labute approximate surface area is 68.2 Å². The van der Waals surface area contributed by atoms with Crippen LogP contribution in [0.15, 0.2) is 18.2 Å². The lowest BCUT2D eigenvalue weighted by atomic mass is 10.2. The lowest BCUT2D eigenvalue weighted by Crippen LogP contribution is -1.83. The molecular weight excluding hydrogens is 159 g/mol. The van der Waals surface area contributed by atoms with Gasteiger partial charge in [-0.15, -0.1) is 0 Å². The largest absolute Gasteiger partial charge is 0.494 e. The number of hydrogen-bond donors (Lipinski definition) is 1. The van der Waals surface area contributed by atoms with Gasteiger partial charge < -0.3 is 4.74 Å². The summed E-state index contributed by atoms with van der Waals surface area (Å²) in [5.74, 6) is 0.150. The second kappa shape index (κ2) is 2.48. The lowest BCUT2D eigenvalue weighted by molar-refractivity contribution is 0.419. The summed E-state index contributed by atoms with van der Waals surface area (Å²) in [5.41, 5.74) is 0.525. The van der Waals surface area contributed by atoms with Gasteiger partial charge >= 0.3 is 0 Å². The number of benzene rings is 1. The summed E-state index contributed by atoms with van der Waals surface area (Å²) < 4.78 is 17.9.